The van der Waals surface area contributed by atoms with E-state index in [1.54, 1.807) is 12.3 Å². The van der Waals surface area contributed by atoms with Crippen molar-refractivity contribution < 1.29 is 23.2 Å². The van der Waals surface area contributed by atoms with Crippen molar-refractivity contribution in [3.63, 3.8) is 0 Å². The third-order valence-electron chi connectivity index (χ3n) is 6.72. The van der Waals surface area contributed by atoms with E-state index in [0.717, 1.165) is 29.6 Å². The van der Waals surface area contributed by atoms with Crippen molar-refractivity contribution in [1.29, 1.82) is 0 Å². The molecule has 0 radical (unpaired) electrons. The number of carbonyl (C=O) groups is 1. The van der Waals surface area contributed by atoms with Gasteiger partial charge < -0.3 is 9.30 Å². The fourth-order valence-corrected chi connectivity index (χ4v) is 4.91. The minimum absolute atomic E-state index is 0.0180. The number of hydroxylamine groups is 1. The Labute approximate surface area is 208 Å². The van der Waals surface area contributed by atoms with E-state index in [2.05, 4.69) is 17.2 Å². The zero-order chi connectivity index (χ0) is 26.1. The maximum Gasteiger partial charge on any atom is 0.264 e. The molecule has 1 aliphatic rings. The van der Waals surface area contributed by atoms with Crippen LogP contribution < -0.4 is 11.0 Å². The van der Waals surface area contributed by atoms with Gasteiger partial charge in [0.2, 0.25) is 0 Å². The molecule has 0 saturated carbocycles. The molecule has 12 heteroatoms. The average Bonchev–Trinajstić information content (AvgIpc) is 3.29. The van der Waals surface area contributed by atoms with E-state index in [1.165, 1.54) is 23.0 Å². The summed E-state index contributed by atoms with van der Waals surface area (Å²) in [6, 6.07) is 10.8. The molecule has 0 bridgehead atoms. The highest BCUT2D eigenvalue weighted by Gasteiger charge is 2.43. The van der Waals surface area contributed by atoms with Crippen molar-refractivity contribution >= 4 is 15.7 Å². The summed E-state index contributed by atoms with van der Waals surface area (Å²) < 4.78 is 30.8. The Morgan fingerprint density at radius 1 is 1.19 bits per heavy atom. The lowest BCUT2D eigenvalue weighted by Crippen LogP contribution is -2.49. The molecule has 3 aromatic rings. The van der Waals surface area contributed by atoms with Gasteiger partial charge in [-0.25, -0.2) is 13.9 Å². The zero-order valence-electron chi connectivity index (χ0n) is 20.3. The first-order chi connectivity index (χ1) is 16.9. The molecule has 3 heterocycles. The molecule has 1 aliphatic heterocycles. The Morgan fingerprint density at radius 3 is 2.42 bits per heavy atom. The smallest absolute Gasteiger partial charge is 0.264 e. The molecule has 4 rings (SSSR count). The van der Waals surface area contributed by atoms with E-state index in [4.69, 9.17) is 9.94 Å². The number of aromatic nitrogens is 4. The van der Waals surface area contributed by atoms with Crippen molar-refractivity contribution in [2.45, 2.75) is 38.1 Å². The van der Waals surface area contributed by atoms with E-state index >= 15 is 0 Å². The lowest BCUT2D eigenvalue weighted by Gasteiger charge is -2.37. The van der Waals surface area contributed by atoms with Gasteiger partial charge in [-0.05, 0) is 30.5 Å². The number of sulfone groups is 1. The first-order valence-electron chi connectivity index (χ1n) is 11.4. The van der Waals surface area contributed by atoms with Gasteiger partial charge in [0.05, 0.1) is 26.0 Å². The number of aryl methyl sites for hydroxylation is 1. The van der Waals surface area contributed by atoms with Crippen LogP contribution in [0, 0.1) is 5.41 Å². The summed E-state index contributed by atoms with van der Waals surface area (Å²) in [5.41, 5.74) is 4.33. The maximum atomic E-state index is 12.7. The van der Waals surface area contributed by atoms with Gasteiger partial charge in [0, 0.05) is 36.0 Å². The molecular formula is C24H29N5O6S. The third-order valence-corrected chi connectivity index (χ3v) is 8.75. The quantitative estimate of drug-likeness (QED) is 0.322. The van der Waals surface area contributed by atoms with Crippen molar-refractivity contribution in [1.82, 2.24) is 25.0 Å². The summed E-state index contributed by atoms with van der Waals surface area (Å²) in [4.78, 5) is 24.7. The molecule has 36 heavy (non-hydrogen) atoms. The highest BCUT2D eigenvalue weighted by molar-refractivity contribution is 7.92. The van der Waals surface area contributed by atoms with E-state index in [-0.39, 0.29) is 23.9 Å². The fourth-order valence-electron chi connectivity index (χ4n) is 4.07. The number of nitrogens with one attached hydrogen (secondary N) is 1. The number of carbonyl (C=O) groups excluding carboxylic acids is 1. The molecular weight excluding hydrogens is 486 g/mol. The molecule has 0 spiro atoms. The van der Waals surface area contributed by atoms with Gasteiger partial charge >= 0.3 is 0 Å². The van der Waals surface area contributed by atoms with Gasteiger partial charge in [0.1, 0.15) is 5.69 Å². The number of amides is 1. The average molecular weight is 516 g/mol. The Bertz CT molecular complexity index is 1430. The van der Waals surface area contributed by atoms with Crippen LogP contribution in [0.3, 0.4) is 0 Å². The summed E-state index contributed by atoms with van der Waals surface area (Å²) in [5.74, 6) is -1.04. The zero-order valence-corrected chi connectivity index (χ0v) is 21.2. The van der Waals surface area contributed by atoms with Gasteiger partial charge in [-0.3, -0.25) is 19.5 Å². The molecule has 1 saturated heterocycles. The van der Waals surface area contributed by atoms with E-state index in [9.17, 15) is 18.0 Å². The fraction of sp³-hybridized carbons (Fsp3) is 0.417. The molecule has 1 amide bonds. The van der Waals surface area contributed by atoms with Crippen LogP contribution in [-0.4, -0.2) is 63.3 Å². The third kappa shape index (κ3) is 5.11. The Morgan fingerprint density at radius 2 is 1.86 bits per heavy atom. The minimum Gasteiger partial charge on any atom is -0.380 e. The number of ether oxygens (including phenoxy) is 1. The monoisotopic (exact) mass is 515 g/mol. The number of pyridine rings is 1. The van der Waals surface area contributed by atoms with Gasteiger partial charge in [-0.1, -0.05) is 36.4 Å². The molecule has 192 valence electrons. The number of hydrogen-bond acceptors (Lipinski definition) is 8. The standard InChI is InChI=1S/C24H29N5O6S/c1-23(15-35-16-23)14-29-13-20(25-27-29)18-6-4-17(5-7-18)19-8-10-28(21(30)12-19)11-9-24(2,22(31)26-32)36(3,33)34/h4-8,10,12-13,32H,9,11,14-16H2,1-3H3,(H,26,31). The summed E-state index contributed by atoms with van der Waals surface area (Å²) in [5, 5.41) is 17.4. The molecule has 11 nitrogen and oxygen atoms in total. The van der Waals surface area contributed by atoms with E-state index in [0.29, 0.717) is 18.8 Å². The van der Waals surface area contributed by atoms with Crippen molar-refractivity contribution in [3.05, 3.63) is 59.1 Å². The van der Waals surface area contributed by atoms with Crippen LogP contribution >= 0.6 is 0 Å². The molecule has 1 unspecified atom stereocenters. The van der Waals surface area contributed by atoms with Crippen molar-refractivity contribution in [2.75, 3.05) is 19.5 Å². The van der Waals surface area contributed by atoms with Crippen LogP contribution in [0.1, 0.15) is 20.3 Å². The Balaban J connectivity index is 1.47. The molecule has 0 aliphatic carbocycles. The first kappa shape index (κ1) is 25.7. The lowest BCUT2D eigenvalue weighted by atomic mass is 9.89. The van der Waals surface area contributed by atoms with E-state index in [1.807, 2.05) is 35.1 Å². The minimum atomic E-state index is -3.85. The Hall–Kier alpha value is -3.35. The summed E-state index contributed by atoms with van der Waals surface area (Å²) in [6.45, 7) is 5.51. The molecule has 2 aromatic heterocycles. The van der Waals surface area contributed by atoms with Gasteiger partial charge in [-0.2, -0.15) is 0 Å². The second kappa shape index (κ2) is 9.60. The predicted molar refractivity (Wildman–Crippen MR) is 132 cm³/mol. The van der Waals surface area contributed by atoms with Crippen LogP contribution in [0.2, 0.25) is 0 Å². The van der Waals surface area contributed by atoms with Crippen LogP contribution in [0.4, 0.5) is 0 Å². The molecule has 2 N–H and O–H groups in total. The van der Waals surface area contributed by atoms with Crippen molar-refractivity contribution in [3.8, 4) is 22.4 Å². The topological polar surface area (TPSA) is 145 Å². The normalized spacial score (nSPS) is 16.7. The van der Waals surface area contributed by atoms with Gasteiger partial charge in [0.25, 0.3) is 11.5 Å². The largest absolute Gasteiger partial charge is 0.380 e. The Kier molecular flexibility index (Phi) is 6.86. The second-order valence-corrected chi connectivity index (χ2v) is 12.3. The molecule has 1 atom stereocenters. The number of hydrogen-bond donors (Lipinski definition) is 2. The van der Waals surface area contributed by atoms with Gasteiger partial charge in [0.15, 0.2) is 14.6 Å². The van der Waals surface area contributed by atoms with Crippen LogP contribution in [0.5, 0.6) is 0 Å². The van der Waals surface area contributed by atoms with Crippen LogP contribution in [-0.2, 0) is 32.5 Å². The number of nitrogens with zero attached hydrogens (tertiary/aromatic N) is 4. The maximum absolute atomic E-state index is 12.7. The van der Waals surface area contributed by atoms with E-state index < -0.39 is 20.5 Å². The SMILES string of the molecule is CC1(Cn2cc(-c3ccc(-c4ccn(CCC(C)(C(=O)NO)S(C)(=O)=O)c(=O)c4)cc3)nn2)COC1. The summed E-state index contributed by atoms with van der Waals surface area (Å²) >= 11 is 0. The van der Waals surface area contributed by atoms with Crippen LogP contribution in [0.15, 0.2) is 53.6 Å². The molecule has 1 aromatic carbocycles. The van der Waals surface area contributed by atoms with Crippen LogP contribution in [0.25, 0.3) is 22.4 Å². The highest BCUT2D eigenvalue weighted by Crippen LogP contribution is 2.29. The summed E-state index contributed by atoms with van der Waals surface area (Å²) in [6.07, 6.45) is 4.20. The second-order valence-electron chi connectivity index (χ2n) is 9.82. The predicted octanol–water partition coefficient (Wildman–Crippen LogP) is 1.51. The summed E-state index contributed by atoms with van der Waals surface area (Å²) in [7, 11) is -3.85. The number of rotatable bonds is 9. The number of benzene rings is 1. The first-order valence-corrected chi connectivity index (χ1v) is 13.3. The van der Waals surface area contributed by atoms with Gasteiger partial charge in [-0.15, -0.1) is 5.10 Å². The van der Waals surface area contributed by atoms with Crippen molar-refractivity contribution in [2.24, 2.45) is 5.41 Å². The molecule has 1 fully saturated rings. The highest BCUT2D eigenvalue weighted by atomic mass is 32.2. The lowest BCUT2D eigenvalue weighted by molar-refractivity contribution is -0.131.